The average molecular weight is 250 g/mol. The Morgan fingerprint density at radius 3 is 2.72 bits per heavy atom. The van der Waals surface area contributed by atoms with Gasteiger partial charge in [-0.1, -0.05) is 18.2 Å². The van der Waals surface area contributed by atoms with Crippen LogP contribution in [0.1, 0.15) is 17.5 Å². The van der Waals surface area contributed by atoms with E-state index in [1.165, 1.54) is 6.07 Å². The first kappa shape index (κ1) is 14.2. The fourth-order valence-corrected chi connectivity index (χ4v) is 1.61. The highest BCUT2D eigenvalue weighted by Gasteiger charge is 2.16. The van der Waals surface area contributed by atoms with Crippen LogP contribution in [0, 0.1) is 24.0 Å². The first-order valence-corrected chi connectivity index (χ1v) is 5.82. The van der Waals surface area contributed by atoms with Crippen molar-refractivity contribution in [1.29, 1.82) is 0 Å². The second kappa shape index (κ2) is 6.76. The highest BCUT2D eigenvalue weighted by atomic mass is 16.6. The molecule has 0 aromatic heterocycles. The van der Waals surface area contributed by atoms with E-state index in [4.69, 9.17) is 5.11 Å². The van der Waals surface area contributed by atoms with E-state index in [9.17, 15) is 10.1 Å². The second-order valence-electron chi connectivity index (χ2n) is 4.02. The van der Waals surface area contributed by atoms with E-state index in [1.807, 2.05) is 26.0 Å². The third-order valence-electron chi connectivity index (χ3n) is 2.77. The molecule has 0 aliphatic carbocycles. The third-order valence-corrected chi connectivity index (χ3v) is 2.77. The molecule has 0 amide bonds. The van der Waals surface area contributed by atoms with Crippen LogP contribution in [0.5, 0.6) is 0 Å². The molecule has 0 heterocycles. The van der Waals surface area contributed by atoms with E-state index >= 15 is 0 Å². The van der Waals surface area contributed by atoms with Crippen molar-refractivity contribution in [3.63, 3.8) is 0 Å². The summed E-state index contributed by atoms with van der Waals surface area (Å²) in [7, 11) is 0. The minimum atomic E-state index is -0.383. The number of hydrogen-bond donors (Lipinski definition) is 2. The number of nitrogens with zero attached hydrogens (tertiary/aromatic N) is 1. The van der Waals surface area contributed by atoms with Crippen molar-refractivity contribution in [3.8, 4) is 0 Å². The number of benzene rings is 1. The molecule has 0 unspecified atom stereocenters. The number of aliphatic hydroxyl groups excluding tert-OH is 1. The maximum Gasteiger partial charge on any atom is 0.292 e. The summed E-state index contributed by atoms with van der Waals surface area (Å²) in [6, 6.07) is 3.27. The maximum atomic E-state index is 10.9. The van der Waals surface area contributed by atoms with Crippen molar-refractivity contribution >= 4 is 11.4 Å². The Kier molecular flexibility index (Phi) is 5.32. The van der Waals surface area contributed by atoms with E-state index < -0.39 is 0 Å². The van der Waals surface area contributed by atoms with Gasteiger partial charge in [0.1, 0.15) is 5.69 Å². The highest BCUT2D eigenvalue weighted by molar-refractivity contribution is 5.68. The zero-order valence-electron chi connectivity index (χ0n) is 10.6. The van der Waals surface area contributed by atoms with Gasteiger partial charge in [-0.2, -0.15) is 0 Å². The minimum absolute atomic E-state index is 0.0914. The largest absolute Gasteiger partial charge is 0.396 e. The normalized spacial score (nSPS) is 10.8. The zero-order valence-corrected chi connectivity index (χ0v) is 10.6. The summed E-state index contributed by atoms with van der Waals surface area (Å²) in [4.78, 5) is 10.6. The summed E-state index contributed by atoms with van der Waals surface area (Å²) in [5.41, 5.74) is 2.56. The average Bonchev–Trinajstić information content (AvgIpc) is 2.33. The molecule has 1 aromatic carbocycles. The van der Waals surface area contributed by atoms with E-state index in [0.717, 1.165) is 11.1 Å². The summed E-state index contributed by atoms with van der Waals surface area (Å²) < 4.78 is 0. The van der Waals surface area contributed by atoms with Gasteiger partial charge in [0.15, 0.2) is 0 Å². The molecule has 18 heavy (non-hydrogen) atoms. The Hall–Kier alpha value is -1.88. The summed E-state index contributed by atoms with van der Waals surface area (Å²) in [6.07, 6.45) is 4.28. The Morgan fingerprint density at radius 1 is 1.39 bits per heavy atom. The molecule has 5 nitrogen and oxygen atoms in total. The van der Waals surface area contributed by atoms with Gasteiger partial charge >= 0.3 is 0 Å². The SMILES string of the molecule is Cc1ccc([N+](=O)[O-])c(NC/C=C/CCO)c1C. The van der Waals surface area contributed by atoms with Crippen LogP contribution in [-0.4, -0.2) is 23.2 Å². The van der Waals surface area contributed by atoms with Crippen molar-refractivity contribution in [3.05, 3.63) is 45.5 Å². The lowest BCUT2D eigenvalue weighted by Gasteiger charge is -2.10. The van der Waals surface area contributed by atoms with Gasteiger partial charge in [-0.25, -0.2) is 0 Å². The van der Waals surface area contributed by atoms with Gasteiger partial charge in [0.2, 0.25) is 0 Å². The summed E-state index contributed by atoms with van der Waals surface area (Å²) in [5, 5.41) is 22.6. The Labute approximate surface area is 106 Å². The minimum Gasteiger partial charge on any atom is -0.396 e. The molecule has 0 saturated heterocycles. The van der Waals surface area contributed by atoms with E-state index in [-0.39, 0.29) is 17.2 Å². The lowest BCUT2D eigenvalue weighted by atomic mass is 10.1. The van der Waals surface area contributed by atoms with Gasteiger partial charge in [0.25, 0.3) is 5.69 Å². The number of hydrogen-bond acceptors (Lipinski definition) is 4. The van der Waals surface area contributed by atoms with Crippen LogP contribution in [0.4, 0.5) is 11.4 Å². The van der Waals surface area contributed by atoms with Gasteiger partial charge in [-0.15, -0.1) is 0 Å². The first-order valence-electron chi connectivity index (χ1n) is 5.82. The Morgan fingerprint density at radius 2 is 2.11 bits per heavy atom. The molecule has 98 valence electrons. The van der Waals surface area contributed by atoms with Gasteiger partial charge in [-0.05, 0) is 31.4 Å². The monoisotopic (exact) mass is 250 g/mol. The molecule has 0 radical (unpaired) electrons. The van der Waals surface area contributed by atoms with Crippen LogP contribution in [0.3, 0.4) is 0 Å². The molecule has 1 aromatic rings. The smallest absolute Gasteiger partial charge is 0.292 e. The van der Waals surface area contributed by atoms with Gasteiger partial charge in [-0.3, -0.25) is 10.1 Å². The molecule has 0 fully saturated rings. The van der Waals surface area contributed by atoms with Crippen LogP contribution in [0.15, 0.2) is 24.3 Å². The zero-order chi connectivity index (χ0) is 13.5. The van der Waals surface area contributed by atoms with Gasteiger partial charge < -0.3 is 10.4 Å². The van der Waals surface area contributed by atoms with Crippen LogP contribution < -0.4 is 5.32 Å². The van der Waals surface area contributed by atoms with Crippen LogP contribution in [-0.2, 0) is 0 Å². The molecular weight excluding hydrogens is 232 g/mol. The molecule has 0 aliphatic rings. The predicted molar refractivity (Wildman–Crippen MR) is 71.9 cm³/mol. The lowest BCUT2D eigenvalue weighted by molar-refractivity contribution is -0.384. The molecule has 0 atom stereocenters. The van der Waals surface area contributed by atoms with Crippen molar-refractivity contribution in [2.45, 2.75) is 20.3 Å². The fourth-order valence-electron chi connectivity index (χ4n) is 1.61. The highest BCUT2D eigenvalue weighted by Crippen LogP contribution is 2.29. The molecule has 0 aliphatic heterocycles. The first-order chi connectivity index (χ1) is 8.57. The number of nitrogens with one attached hydrogen (secondary N) is 1. The number of aliphatic hydroxyl groups is 1. The van der Waals surface area contributed by atoms with Crippen molar-refractivity contribution < 1.29 is 10.0 Å². The summed E-state index contributed by atoms with van der Waals surface area (Å²) in [5.74, 6) is 0. The molecule has 0 bridgehead atoms. The van der Waals surface area contributed by atoms with Gasteiger partial charge in [0.05, 0.1) is 4.92 Å². The van der Waals surface area contributed by atoms with Crippen LogP contribution >= 0.6 is 0 Å². The van der Waals surface area contributed by atoms with Crippen LogP contribution in [0.2, 0.25) is 0 Å². The van der Waals surface area contributed by atoms with Crippen molar-refractivity contribution in [2.75, 3.05) is 18.5 Å². The molecule has 5 heteroatoms. The molecule has 0 saturated carbocycles. The summed E-state index contributed by atoms with van der Waals surface area (Å²) in [6.45, 7) is 4.40. The van der Waals surface area contributed by atoms with Crippen molar-refractivity contribution in [1.82, 2.24) is 0 Å². The third kappa shape index (κ3) is 3.56. The Bertz CT molecular complexity index is 456. The van der Waals surface area contributed by atoms with E-state index in [2.05, 4.69) is 5.32 Å². The molecular formula is C13H18N2O3. The number of nitro groups is 1. The molecule has 0 spiro atoms. The second-order valence-corrected chi connectivity index (χ2v) is 4.02. The number of anilines is 1. The number of aryl methyl sites for hydroxylation is 1. The topological polar surface area (TPSA) is 75.4 Å². The quantitative estimate of drug-likeness (QED) is 0.462. The standard InChI is InChI=1S/C13H18N2O3/c1-10-6-7-12(15(17)18)13(11(10)2)14-8-4-3-5-9-16/h3-4,6-7,14,16H,5,8-9H2,1-2H3/b4-3+. The van der Waals surface area contributed by atoms with Crippen LogP contribution in [0.25, 0.3) is 0 Å². The lowest BCUT2D eigenvalue weighted by Crippen LogP contribution is -2.05. The molecule has 2 N–H and O–H groups in total. The number of nitro benzene ring substituents is 1. The molecule has 1 rings (SSSR count). The number of rotatable bonds is 6. The van der Waals surface area contributed by atoms with Gasteiger partial charge in [0, 0.05) is 19.2 Å². The van der Waals surface area contributed by atoms with Crippen molar-refractivity contribution in [2.24, 2.45) is 0 Å². The summed E-state index contributed by atoms with van der Waals surface area (Å²) >= 11 is 0. The van der Waals surface area contributed by atoms with E-state index in [1.54, 1.807) is 6.07 Å². The fraction of sp³-hybridized carbons (Fsp3) is 0.385. The Balaban J connectivity index is 2.85. The van der Waals surface area contributed by atoms with E-state index in [0.29, 0.717) is 18.7 Å². The predicted octanol–water partition coefficient (Wildman–Crippen LogP) is 2.56. The maximum absolute atomic E-state index is 10.9.